The Kier molecular flexibility index (Phi) is 8.01. The van der Waals surface area contributed by atoms with Crippen molar-refractivity contribution in [1.29, 1.82) is 0 Å². The minimum atomic E-state index is -0.288. The molecular formula is C22H32N2O3. The Bertz CT molecular complexity index is 652. The van der Waals surface area contributed by atoms with Crippen molar-refractivity contribution in [3.63, 3.8) is 0 Å². The minimum absolute atomic E-state index is 0.0155. The Labute approximate surface area is 162 Å². The summed E-state index contributed by atoms with van der Waals surface area (Å²) < 4.78 is 0. The number of hydrogen-bond acceptors (Lipinski definition) is 3. The number of rotatable bonds is 9. The van der Waals surface area contributed by atoms with E-state index in [-0.39, 0.29) is 30.4 Å². The lowest BCUT2D eigenvalue weighted by Gasteiger charge is -2.32. The fourth-order valence-corrected chi connectivity index (χ4v) is 3.69. The van der Waals surface area contributed by atoms with Crippen LogP contribution in [-0.2, 0) is 16.0 Å². The maximum Gasteiger partial charge on any atom is 0.223 e. The lowest BCUT2D eigenvalue weighted by atomic mass is 9.93. The van der Waals surface area contributed by atoms with E-state index in [9.17, 15) is 14.4 Å². The predicted octanol–water partition coefficient (Wildman–Crippen LogP) is 3.35. The molecule has 1 heterocycles. The molecule has 0 spiro atoms. The van der Waals surface area contributed by atoms with Crippen LogP contribution in [0.15, 0.2) is 24.3 Å². The fraction of sp³-hybridized carbons (Fsp3) is 0.591. The fourth-order valence-electron chi connectivity index (χ4n) is 3.69. The minimum Gasteiger partial charge on any atom is -0.370 e. The summed E-state index contributed by atoms with van der Waals surface area (Å²) in [5.74, 6) is 0.675. The summed E-state index contributed by atoms with van der Waals surface area (Å²) in [5.41, 5.74) is 7.12. The van der Waals surface area contributed by atoms with Gasteiger partial charge >= 0.3 is 0 Å². The number of hydrogen-bond donors (Lipinski definition) is 1. The number of primary amides is 1. The van der Waals surface area contributed by atoms with Gasteiger partial charge in [0.05, 0.1) is 0 Å². The topological polar surface area (TPSA) is 80.5 Å². The van der Waals surface area contributed by atoms with Gasteiger partial charge in [-0.05, 0) is 43.1 Å². The van der Waals surface area contributed by atoms with Crippen molar-refractivity contribution < 1.29 is 14.4 Å². The second-order valence-electron chi connectivity index (χ2n) is 8.07. The van der Waals surface area contributed by atoms with Gasteiger partial charge in [-0.1, -0.05) is 38.1 Å². The van der Waals surface area contributed by atoms with Crippen LogP contribution in [0.3, 0.4) is 0 Å². The first kappa shape index (κ1) is 21.1. The third-order valence-corrected chi connectivity index (χ3v) is 5.16. The molecule has 2 N–H and O–H groups in total. The monoisotopic (exact) mass is 372 g/mol. The van der Waals surface area contributed by atoms with Gasteiger partial charge in [0.1, 0.15) is 0 Å². The van der Waals surface area contributed by atoms with Gasteiger partial charge < -0.3 is 10.6 Å². The summed E-state index contributed by atoms with van der Waals surface area (Å²) in [5, 5.41) is 0. The van der Waals surface area contributed by atoms with Gasteiger partial charge in [-0.15, -0.1) is 0 Å². The number of benzene rings is 1. The van der Waals surface area contributed by atoms with Gasteiger partial charge in [-0.2, -0.15) is 0 Å². The van der Waals surface area contributed by atoms with E-state index in [1.807, 2.05) is 29.2 Å². The van der Waals surface area contributed by atoms with E-state index < -0.39 is 0 Å². The molecule has 1 aliphatic rings. The van der Waals surface area contributed by atoms with E-state index in [1.54, 1.807) is 0 Å². The Hall–Kier alpha value is -2.17. The number of nitrogens with two attached hydrogens (primary N) is 1. The smallest absolute Gasteiger partial charge is 0.223 e. The number of likely N-dealkylation sites (tertiary alicyclic amines) is 1. The van der Waals surface area contributed by atoms with Crippen molar-refractivity contribution in [3.8, 4) is 0 Å². The molecule has 1 unspecified atom stereocenters. The van der Waals surface area contributed by atoms with Gasteiger partial charge in [-0.3, -0.25) is 14.4 Å². The highest BCUT2D eigenvalue weighted by Gasteiger charge is 2.24. The number of carbonyl (C=O) groups is 3. The van der Waals surface area contributed by atoms with Crippen LogP contribution in [0.1, 0.15) is 68.3 Å². The molecule has 2 amide bonds. The summed E-state index contributed by atoms with van der Waals surface area (Å²) in [6.45, 7) is 5.75. The molecule has 5 nitrogen and oxygen atoms in total. The molecule has 1 aromatic rings. The van der Waals surface area contributed by atoms with E-state index in [0.29, 0.717) is 30.4 Å². The molecule has 0 aromatic heterocycles. The van der Waals surface area contributed by atoms with Crippen LogP contribution >= 0.6 is 0 Å². The average molecular weight is 373 g/mol. The summed E-state index contributed by atoms with van der Waals surface area (Å²) in [4.78, 5) is 37.6. The lowest BCUT2D eigenvalue weighted by Crippen LogP contribution is -2.40. The third-order valence-electron chi connectivity index (χ3n) is 5.16. The zero-order chi connectivity index (χ0) is 19.8. The Morgan fingerprint density at radius 2 is 1.81 bits per heavy atom. The third kappa shape index (κ3) is 7.16. The normalized spacial score (nSPS) is 17.1. The van der Waals surface area contributed by atoms with Crippen LogP contribution in [0, 0.1) is 11.8 Å². The van der Waals surface area contributed by atoms with Gasteiger partial charge in [0, 0.05) is 37.9 Å². The maximum atomic E-state index is 12.5. The molecule has 1 aliphatic heterocycles. The molecular weight excluding hydrogens is 340 g/mol. The van der Waals surface area contributed by atoms with Crippen LogP contribution in [0.5, 0.6) is 0 Å². The molecule has 1 saturated heterocycles. The Balaban J connectivity index is 1.80. The second kappa shape index (κ2) is 10.2. The van der Waals surface area contributed by atoms with Crippen molar-refractivity contribution >= 4 is 17.6 Å². The van der Waals surface area contributed by atoms with Crippen molar-refractivity contribution in [3.05, 3.63) is 35.4 Å². The first-order valence-electron chi connectivity index (χ1n) is 10.0. The van der Waals surface area contributed by atoms with Crippen LogP contribution < -0.4 is 5.73 Å². The van der Waals surface area contributed by atoms with Gasteiger partial charge in [0.15, 0.2) is 5.78 Å². The second-order valence-corrected chi connectivity index (χ2v) is 8.07. The van der Waals surface area contributed by atoms with Crippen LogP contribution in [0.2, 0.25) is 0 Å². The maximum absolute atomic E-state index is 12.5. The molecule has 1 aromatic carbocycles. The van der Waals surface area contributed by atoms with E-state index in [0.717, 1.165) is 32.2 Å². The SMILES string of the molecule is CC(C)Cc1ccc(C(=O)CCC(=O)N2CCCC(CCC(N)=O)C2)cc1. The van der Waals surface area contributed by atoms with E-state index in [2.05, 4.69) is 13.8 Å². The number of Topliss-reactive ketones (excluding diaryl/α,β-unsaturated/α-hetero) is 1. The zero-order valence-electron chi connectivity index (χ0n) is 16.6. The first-order valence-corrected chi connectivity index (χ1v) is 10.0. The molecule has 148 valence electrons. The molecule has 0 radical (unpaired) electrons. The quantitative estimate of drug-likeness (QED) is 0.675. The highest BCUT2D eigenvalue weighted by molar-refractivity contribution is 5.98. The summed E-state index contributed by atoms with van der Waals surface area (Å²) in [7, 11) is 0. The van der Waals surface area contributed by atoms with Crippen molar-refractivity contribution in [2.75, 3.05) is 13.1 Å². The number of carbonyl (C=O) groups excluding carboxylic acids is 3. The van der Waals surface area contributed by atoms with Gasteiger partial charge in [0.2, 0.25) is 11.8 Å². The van der Waals surface area contributed by atoms with Gasteiger partial charge in [-0.25, -0.2) is 0 Å². The lowest BCUT2D eigenvalue weighted by molar-refractivity contribution is -0.133. The van der Waals surface area contributed by atoms with Crippen LogP contribution in [0.4, 0.5) is 0 Å². The van der Waals surface area contributed by atoms with E-state index in [4.69, 9.17) is 5.73 Å². The molecule has 5 heteroatoms. The number of nitrogens with zero attached hydrogens (tertiary/aromatic N) is 1. The molecule has 27 heavy (non-hydrogen) atoms. The molecule has 0 saturated carbocycles. The highest BCUT2D eigenvalue weighted by atomic mass is 16.2. The molecule has 1 fully saturated rings. The predicted molar refractivity (Wildman–Crippen MR) is 106 cm³/mol. The standard InChI is InChI=1S/C22H32N2O3/c1-16(2)14-17-5-8-19(9-6-17)20(25)10-12-22(27)24-13-3-4-18(15-24)7-11-21(23)26/h5-6,8-9,16,18H,3-4,7,10-15H2,1-2H3,(H2,23,26). The van der Waals surface area contributed by atoms with E-state index in [1.165, 1.54) is 5.56 Å². The molecule has 2 rings (SSSR count). The average Bonchev–Trinajstić information content (AvgIpc) is 2.64. The highest BCUT2D eigenvalue weighted by Crippen LogP contribution is 2.22. The Morgan fingerprint density at radius 3 is 2.44 bits per heavy atom. The summed E-state index contributed by atoms with van der Waals surface area (Å²) in [6, 6.07) is 7.74. The van der Waals surface area contributed by atoms with Crippen LogP contribution in [-0.4, -0.2) is 35.6 Å². The van der Waals surface area contributed by atoms with Crippen molar-refractivity contribution in [1.82, 2.24) is 4.90 Å². The number of piperidine rings is 1. The van der Waals surface area contributed by atoms with Crippen molar-refractivity contribution in [2.24, 2.45) is 17.6 Å². The van der Waals surface area contributed by atoms with E-state index >= 15 is 0 Å². The number of amides is 2. The zero-order valence-corrected chi connectivity index (χ0v) is 16.6. The Morgan fingerprint density at radius 1 is 1.11 bits per heavy atom. The molecule has 0 aliphatic carbocycles. The first-order chi connectivity index (χ1) is 12.8. The molecule has 0 bridgehead atoms. The van der Waals surface area contributed by atoms with Gasteiger partial charge in [0.25, 0.3) is 0 Å². The number of ketones is 1. The summed E-state index contributed by atoms with van der Waals surface area (Å²) in [6.07, 6.45) is 4.57. The largest absolute Gasteiger partial charge is 0.370 e. The summed E-state index contributed by atoms with van der Waals surface area (Å²) >= 11 is 0. The van der Waals surface area contributed by atoms with Crippen molar-refractivity contribution in [2.45, 2.75) is 58.8 Å². The molecule has 1 atom stereocenters. The van der Waals surface area contributed by atoms with Crippen LogP contribution in [0.25, 0.3) is 0 Å².